The number of aromatic nitrogens is 1. The lowest BCUT2D eigenvalue weighted by molar-refractivity contribution is 0.0524. The van der Waals surface area contributed by atoms with Gasteiger partial charge in [0.25, 0.3) is 0 Å². The first-order valence-corrected chi connectivity index (χ1v) is 7.65. The summed E-state index contributed by atoms with van der Waals surface area (Å²) in [6, 6.07) is 5.96. The Balaban J connectivity index is 2.55. The molecule has 4 heteroatoms. The van der Waals surface area contributed by atoms with Gasteiger partial charge in [0.2, 0.25) is 0 Å². The van der Waals surface area contributed by atoms with Gasteiger partial charge in [0.1, 0.15) is 0 Å². The molecular formula is C16H19NO2S. The van der Waals surface area contributed by atoms with Crippen LogP contribution in [0.3, 0.4) is 0 Å². The number of ether oxygens (including phenoxy) is 1. The van der Waals surface area contributed by atoms with Gasteiger partial charge in [-0.3, -0.25) is 4.98 Å². The first kappa shape index (κ1) is 14.7. The molecule has 0 amide bonds. The van der Waals surface area contributed by atoms with Crippen LogP contribution in [0, 0.1) is 6.92 Å². The van der Waals surface area contributed by atoms with E-state index in [1.165, 1.54) is 0 Å². The molecule has 2 rings (SSSR count). The number of hydrogen-bond donors (Lipinski definition) is 0. The molecule has 0 saturated heterocycles. The van der Waals surface area contributed by atoms with Crippen LogP contribution in [0.25, 0.3) is 10.6 Å². The summed E-state index contributed by atoms with van der Waals surface area (Å²) in [4.78, 5) is 17.9. The summed E-state index contributed by atoms with van der Waals surface area (Å²) in [6.07, 6.45) is 0. The van der Waals surface area contributed by atoms with Gasteiger partial charge in [-0.15, -0.1) is 11.3 Å². The monoisotopic (exact) mass is 289 g/mol. The second-order valence-corrected chi connectivity index (χ2v) is 5.89. The van der Waals surface area contributed by atoms with Crippen LogP contribution >= 0.6 is 11.3 Å². The van der Waals surface area contributed by atoms with Crippen molar-refractivity contribution in [3.63, 3.8) is 0 Å². The van der Waals surface area contributed by atoms with E-state index in [0.29, 0.717) is 12.2 Å². The van der Waals surface area contributed by atoms with Crippen LogP contribution < -0.4 is 0 Å². The molecule has 2 heterocycles. The predicted octanol–water partition coefficient (Wildman–Crippen LogP) is 4.42. The number of esters is 1. The SMILES string of the molecule is CCOC(=O)c1cc(C)c(-c2cccs2)nc1C(C)C. The van der Waals surface area contributed by atoms with Crippen LogP contribution in [0.15, 0.2) is 23.6 Å². The van der Waals surface area contributed by atoms with Crippen LogP contribution in [-0.4, -0.2) is 17.6 Å². The lowest BCUT2D eigenvalue weighted by atomic mass is 10.0. The molecule has 0 radical (unpaired) electrons. The molecule has 3 nitrogen and oxygen atoms in total. The fourth-order valence-corrected chi connectivity index (χ4v) is 2.88. The van der Waals surface area contributed by atoms with Gasteiger partial charge in [-0.05, 0) is 42.8 Å². The van der Waals surface area contributed by atoms with E-state index in [2.05, 4.69) is 0 Å². The van der Waals surface area contributed by atoms with E-state index in [1.54, 1.807) is 11.3 Å². The Morgan fingerprint density at radius 2 is 2.20 bits per heavy atom. The fraction of sp³-hybridized carbons (Fsp3) is 0.375. The minimum atomic E-state index is -0.287. The lowest BCUT2D eigenvalue weighted by Crippen LogP contribution is -2.12. The van der Waals surface area contributed by atoms with Gasteiger partial charge in [0.05, 0.1) is 28.4 Å². The smallest absolute Gasteiger partial charge is 0.339 e. The van der Waals surface area contributed by atoms with E-state index >= 15 is 0 Å². The molecule has 0 N–H and O–H groups in total. The molecule has 0 atom stereocenters. The molecule has 0 aliphatic heterocycles. The van der Waals surface area contributed by atoms with Crippen molar-refractivity contribution < 1.29 is 9.53 Å². The topological polar surface area (TPSA) is 39.2 Å². The summed E-state index contributed by atoms with van der Waals surface area (Å²) in [5.74, 6) is -0.113. The Kier molecular flexibility index (Phi) is 4.55. The van der Waals surface area contributed by atoms with Crippen LogP contribution in [0.1, 0.15) is 48.3 Å². The van der Waals surface area contributed by atoms with Gasteiger partial charge in [-0.2, -0.15) is 0 Å². The highest BCUT2D eigenvalue weighted by Crippen LogP contribution is 2.30. The Bertz CT molecular complexity index is 603. The zero-order valence-corrected chi connectivity index (χ0v) is 13.1. The van der Waals surface area contributed by atoms with Gasteiger partial charge in [-0.1, -0.05) is 19.9 Å². The Morgan fingerprint density at radius 1 is 1.45 bits per heavy atom. The fourth-order valence-electron chi connectivity index (χ4n) is 2.10. The first-order chi connectivity index (χ1) is 9.54. The average Bonchev–Trinajstić information content (AvgIpc) is 2.92. The standard InChI is InChI=1S/C16H19NO2S/c1-5-19-16(18)12-9-11(4)15(13-7-6-8-20-13)17-14(12)10(2)3/h6-10H,5H2,1-4H3. The molecule has 106 valence electrons. The van der Waals surface area contributed by atoms with E-state index in [0.717, 1.165) is 21.8 Å². The highest BCUT2D eigenvalue weighted by Gasteiger charge is 2.19. The highest BCUT2D eigenvalue weighted by molar-refractivity contribution is 7.13. The zero-order valence-electron chi connectivity index (χ0n) is 12.3. The van der Waals surface area contributed by atoms with E-state index in [-0.39, 0.29) is 11.9 Å². The Morgan fingerprint density at radius 3 is 2.75 bits per heavy atom. The third kappa shape index (κ3) is 2.90. The van der Waals surface area contributed by atoms with Crippen molar-refractivity contribution >= 4 is 17.3 Å². The highest BCUT2D eigenvalue weighted by atomic mass is 32.1. The first-order valence-electron chi connectivity index (χ1n) is 6.77. The van der Waals surface area contributed by atoms with Crippen molar-refractivity contribution in [1.82, 2.24) is 4.98 Å². The number of thiophene rings is 1. The molecular weight excluding hydrogens is 270 g/mol. The molecule has 0 saturated carbocycles. The van der Waals surface area contributed by atoms with Crippen LogP contribution in [0.5, 0.6) is 0 Å². The van der Waals surface area contributed by atoms with Gasteiger partial charge in [0.15, 0.2) is 0 Å². The van der Waals surface area contributed by atoms with Crippen molar-refractivity contribution in [2.45, 2.75) is 33.6 Å². The number of carbonyl (C=O) groups excluding carboxylic acids is 1. The molecule has 0 unspecified atom stereocenters. The summed E-state index contributed by atoms with van der Waals surface area (Å²) in [5, 5.41) is 2.03. The second-order valence-electron chi connectivity index (χ2n) is 4.94. The number of hydrogen-bond acceptors (Lipinski definition) is 4. The summed E-state index contributed by atoms with van der Waals surface area (Å²) < 4.78 is 5.13. The average molecular weight is 289 g/mol. The lowest BCUT2D eigenvalue weighted by Gasteiger charge is -2.14. The van der Waals surface area contributed by atoms with E-state index in [9.17, 15) is 4.79 Å². The molecule has 20 heavy (non-hydrogen) atoms. The number of aryl methyl sites for hydroxylation is 1. The van der Waals surface area contributed by atoms with Crippen molar-refractivity contribution in [3.05, 3.63) is 40.4 Å². The Hall–Kier alpha value is -1.68. The van der Waals surface area contributed by atoms with Gasteiger partial charge >= 0.3 is 5.97 Å². The third-order valence-electron chi connectivity index (χ3n) is 3.04. The molecule has 0 aliphatic rings. The summed E-state index contributed by atoms with van der Waals surface area (Å²) >= 11 is 1.66. The third-order valence-corrected chi connectivity index (χ3v) is 3.92. The van der Waals surface area contributed by atoms with Gasteiger partial charge in [-0.25, -0.2) is 4.79 Å². The van der Waals surface area contributed by atoms with Gasteiger partial charge in [0, 0.05) is 0 Å². The number of carbonyl (C=O) groups is 1. The molecule has 0 aliphatic carbocycles. The molecule has 0 bridgehead atoms. The van der Waals surface area contributed by atoms with Crippen LogP contribution in [-0.2, 0) is 4.74 Å². The zero-order chi connectivity index (χ0) is 14.7. The number of nitrogens with zero attached hydrogens (tertiary/aromatic N) is 1. The van der Waals surface area contributed by atoms with Crippen LogP contribution in [0.4, 0.5) is 0 Å². The quantitative estimate of drug-likeness (QED) is 0.782. The van der Waals surface area contributed by atoms with Crippen molar-refractivity contribution in [1.29, 1.82) is 0 Å². The van der Waals surface area contributed by atoms with Crippen molar-refractivity contribution in [3.8, 4) is 10.6 Å². The molecule has 0 spiro atoms. The predicted molar refractivity (Wildman–Crippen MR) is 82.3 cm³/mol. The number of pyridine rings is 1. The van der Waals surface area contributed by atoms with E-state index < -0.39 is 0 Å². The molecule has 2 aromatic rings. The van der Waals surface area contributed by atoms with E-state index in [4.69, 9.17) is 9.72 Å². The minimum absolute atomic E-state index is 0.175. The summed E-state index contributed by atoms with van der Waals surface area (Å²) in [6.45, 7) is 8.25. The molecule has 0 fully saturated rings. The van der Waals surface area contributed by atoms with Gasteiger partial charge < -0.3 is 4.74 Å². The maximum Gasteiger partial charge on any atom is 0.339 e. The summed E-state index contributed by atoms with van der Waals surface area (Å²) in [5.41, 5.74) is 3.34. The maximum absolute atomic E-state index is 12.1. The largest absolute Gasteiger partial charge is 0.462 e. The van der Waals surface area contributed by atoms with Crippen molar-refractivity contribution in [2.24, 2.45) is 0 Å². The van der Waals surface area contributed by atoms with Crippen molar-refractivity contribution in [2.75, 3.05) is 6.61 Å². The maximum atomic E-state index is 12.1. The Labute approximate surface area is 123 Å². The normalized spacial score (nSPS) is 10.8. The minimum Gasteiger partial charge on any atom is -0.462 e. The molecule has 2 aromatic heterocycles. The van der Waals surface area contributed by atoms with E-state index in [1.807, 2.05) is 51.3 Å². The summed E-state index contributed by atoms with van der Waals surface area (Å²) in [7, 11) is 0. The molecule has 0 aromatic carbocycles. The second kappa shape index (κ2) is 6.18. The number of rotatable bonds is 4. The van der Waals surface area contributed by atoms with Crippen LogP contribution in [0.2, 0.25) is 0 Å².